The molecule has 0 aliphatic heterocycles. The second kappa shape index (κ2) is 12.1. The van der Waals surface area contributed by atoms with Crippen LogP contribution in [0.5, 0.6) is 17.2 Å². The smallest absolute Gasteiger partial charge is 0.339 e. The van der Waals surface area contributed by atoms with Crippen molar-refractivity contribution in [3.63, 3.8) is 0 Å². The predicted molar refractivity (Wildman–Crippen MR) is 116 cm³/mol. The van der Waals surface area contributed by atoms with E-state index in [9.17, 15) is 9.59 Å². The Kier molecular flexibility index (Phi) is 9.47. The first-order valence-electron chi connectivity index (χ1n) is 9.64. The zero-order chi connectivity index (χ0) is 21.9. The lowest BCUT2D eigenvalue weighted by atomic mass is 10.1. The first-order chi connectivity index (χ1) is 14.5. The Hall–Kier alpha value is -2.74. The number of halogens is 1. The summed E-state index contributed by atoms with van der Waals surface area (Å²) < 4.78 is 21.9. The average molecular weight is 480 g/mol. The van der Waals surface area contributed by atoms with Gasteiger partial charge in [0, 0.05) is 11.0 Å². The van der Waals surface area contributed by atoms with Crippen molar-refractivity contribution < 1.29 is 28.5 Å². The monoisotopic (exact) mass is 479 g/mol. The lowest BCUT2D eigenvalue weighted by Gasteiger charge is -2.13. The molecule has 0 heterocycles. The average Bonchev–Trinajstić information content (AvgIpc) is 2.74. The van der Waals surface area contributed by atoms with Crippen LogP contribution in [0.1, 0.15) is 29.8 Å². The van der Waals surface area contributed by atoms with Gasteiger partial charge in [0.05, 0.1) is 25.9 Å². The number of benzene rings is 2. The molecule has 2 rings (SSSR count). The molecule has 2 aromatic carbocycles. The fourth-order valence-corrected chi connectivity index (χ4v) is 3.05. The Labute approximate surface area is 184 Å². The number of amides is 1. The summed E-state index contributed by atoms with van der Waals surface area (Å²) in [6, 6.07) is 10.6. The van der Waals surface area contributed by atoms with Gasteiger partial charge in [-0.1, -0.05) is 6.07 Å². The van der Waals surface area contributed by atoms with Crippen molar-refractivity contribution in [1.82, 2.24) is 5.32 Å². The molecular weight excluding hydrogens is 454 g/mol. The molecule has 7 nitrogen and oxygen atoms in total. The number of nitrogens with one attached hydrogen (secondary N) is 1. The van der Waals surface area contributed by atoms with Gasteiger partial charge in [-0.25, -0.2) is 4.79 Å². The van der Waals surface area contributed by atoms with Crippen molar-refractivity contribution in [2.75, 3.05) is 33.5 Å². The zero-order valence-electron chi connectivity index (χ0n) is 17.3. The summed E-state index contributed by atoms with van der Waals surface area (Å²) in [7, 11) is 1.51. The second-order valence-corrected chi connectivity index (χ2v) is 7.02. The molecule has 30 heavy (non-hydrogen) atoms. The van der Waals surface area contributed by atoms with Crippen LogP contribution in [-0.2, 0) is 16.0 Å². The minimum atomic E-state index is -0.608. The highest BCUT2D eigenvalue weighted by molar-refractivity contribution is 9.10. The molecule has 1 amide bonds. The van der Waals surface area contributed by atoms with Gasteiger partial charge in [-0.2, -0.15) is 0 Å². The van der Waals surface area contributed by atoms with Gasteiger partial charge in [0.25, 0.3) is 5.91 Å². The zero-order valence-corrected chi connectivity index (χ0v) is 18.9. The van der Waals surface area contributed by atoms with Crippen molar-refractivity contribution in [2.24, 2.45) is 0 Å². The molecule has 162 valence electrons. The minimum absolute atomic E-state index is 0.292. The minimum Gasteiger partial charge on any atom is -0.497 e. The van der Waals surface area contributed by atoms with Crippen LogP contribution >= 0.6 is 15.9 Å². The van der Waals surface area contributed by atoms with Crippen LogP contribution in [0.4, 0.5) is 0 Å². The first kappa shape index (κ1) is 23.5. The van der Waals surface area contributed by atoms with E-state index in [0.717, 1.165) is 5.56 Å². The molecule has 1 N–H and O–H groups in total. The number of methoxy groups -OCH3 is 1. The molecule has 0 radical (unpaired) electrons. The quantitative estimate of drug-likeness (QED) is 0.493. The van der Waals surface area contributed by atoms with E-state index in [1.54, 1.807) is 18.2 Å². The molecule has 0 unspecified atom stereocenters. The van der Waals surface area contributed by atoms with Gasteiger partial charge in [-0.05, 0) is 72.1 Å². The fourth-order valence-electron chi connectivity index (χ4n) is 2.64. The van der Waals surface area contributed by atoms with Crippen LogP contribution in [0.3, 0.4) is 0 Å². The van der Waals surface area contributed by atoms with Crippen molar-refractivity contribution in [1.29, 1.82) is 0 Å². The molecule has 0 aliphatic carbocycles. The highest BCUT2D eigenvalue weighted by Gasteiger charge is 2.15. The van der Waals surface area contributed by atoms with E-state index in [0.29, 0.717) is 53.5 Å². The van der Waals surface area contributed by atoms with Gasteiger partial charge in [0.2, 0.25) is 0 Å². The van der Waals surface area contributed by atoms with Crippen molar-refractivity contribution in [2.45, 2.75) is 20.3 Å². The van der Waals surface area contributed by atoms with Gasteiger partial charge in [-0.15, -0.1) is 0 Å². The third-order valence-corrected chi connectivity index (χ3v) is 4.76. The molecule has 2 aromatic rings. The molecule has 0 saturated heterocycles. The van der Waals surface area contributed by atoms with Crippen LogP contribution < -0.4 is 19.5 Å². The summed E-state index contributed by atoms with van der Waals surface area (Å²) >= 11 is 3.29. The number of carbonyl (C=O) groups is 2. The van der Waals surface area contributed by atoms with E-state index in [2.05, 4.69) is 21.2 Å². The van der Waals surface area contributed by atoms with Crippen molar-refractivity contribution in [3.8, 4) is 17.2 Å². The van der Waals surface area contributed by atoms with Crippen LogP contribution in [0.25, 0.3) is 0 Å². The predicted octanol–water partition coefficient (Wildman–Crippen LogP) is 3.77. The standard InChI is InChI=1S/C22H26BrNO6/c1-4-28-19-9-6-15(12-20(19)29-5-2)10-11-24-21(25)14-30-22(26)17-13-16(27-3)7-8-18(17)23/h6-9,12-13H,4-5,10-11,14H2,1-3H3,(H,24,25). The number of ether oxygens (including phenoxy) is 4. The van der Waals surface area contributed by atoms with Crippen LogP contribution in [0, 0.1) is 0 Å². The maximum absolute atomic E-state index is 12.2. The Bertz CT molecular complexity index is 871. The Morgan fingerprint density at radius 3 is 2.43 bits per heavy atom. The molecule has 0 atom stereocenters. The summed E-state index contributed by atoms with van der Waals surface area (Å²) in [5.74, 6) is 0.919. The van der Waals surface area contributed by atoms with Gasteiger partial charge in [0.1, 0.15) is 5.75 Å². The molecule has 0 bridgehead atoms. The van der Waals surface area contributed by atoms with Crippen LogP contribution in [0.15, 0.2) is 40.9 Å². The Morgan fingerprint density at radius 2 is 1.73 bits per heavy atom. The van der Waals surface area contributed by atoms with Gasteiger partial charge in [0.15, 0.2) is 18.1 Å². The number of rotatable bonds is 11. The van der Waals surface area contributed by atoms with E-state index in [1.807, 2.05) is 32.0 Å². The van der Waals surface area contributed by atoms with E-state index in [4.69, 9.17) is 18.9 Å². The van der Waals surface area contributed by atoms with Crippen molar-refractivity contribution >= 4 is 27.8 Å². The third-order valence-electron chi connectivity index (χ3n) is 4.07. The first-order valence-corrected chi connectivity index (χ1v) is 10.4. The largest absolute Gasteiger partial charge is 0.497 e. The van der Waals surface area contributed by atoms with E-state index < -0.39 is 5.97 Å². The maximum Gasteiger partial charge on any atom is 0.339 e. The molecule has 0 aliphatic rings. The summed E-state index contributed by atoms with van der Waals surface area (Å²) in [5.41, 5.74) is 1.29. The van der Waals surface area contributed by atoms with E-state index >= 15 is 0 Å². The molecule has 0 aromatic heterocycles. The molecule has 8 heteroatoms. The normalized spacial score (nSPS) is 10.3. The summed E-state index contributed by atoms with van der Waals surface area (Å²) in [6.45, 7) is 4.96. The third kappa shape index (κ3) is 6.95. The summed E-state index contributed by atoms with van der Waals surface area (Å²) in [4.78, 5) is 24.2. The molecular formula is C22H26BrNO6. The highest BCUT2D eigenvalue weighted by atomic mass is 79.9. The highest BCUT2D eigenvalue weighted by Crippen LogP contribution is 2.28. The number of hydrogen-bond donors (Lipinski definition) is 1. The summed E-state index contributed by atoms with van der Waals surface area (Å²) in [6.07, 6.45) is 0.605. The molecule has 0 spiro atoms. The van der Waals surface area contributed by atoms with Gasteiger partial charge < -0.3 is 24.3 Å². The maximum atomic E-state index is 12.2. The fraction of sp³-hybridized carbons (Fsp3) is 0.364. The SMILES string of the molecule is CCOc1ccc(CCNC(=O)COC(=O)c2cc(OC)ccc2Br)cc1OCC. The number of hydrogen-bond acceptors (Lipinski definition) is 6. The van der Waals surface area contributed by atoms with E-state index in [-0.39, 0.29) is 12.5 Å². The molecule has 0 fully saturated rings. The Morgan fingerprint density at radius 1 is 1.00 bits per heavy atom. The van der Waals surface area contributed by atoms with Crippen molar-refractivity contribution in [3.05, 3.63) is 52.0 Å². The number of carbonyl (C=O) groups excluding carboxylic acids is 2. The lowest BCUT2D eigenvalue weighted by Crippen LogP contribution is -2.30. The number of esters is 1. The van der Waals surface area contributed by atoms with Gasteiger partial charge >= 0.3 is 5.97 Å². The second-order valence-electron chi connectivity index (χ2n) is 6.17. The van der Waals surface area contributed by atoms with Gasteiger partial charge in [-0.3, -0.25) is 4.79 Å². The van der Waals surface area contributed by atoms with E-state index in [1.165, 1.54) is 7.11 Å². The molecule has 0 saturated carbocycles. The van der Waals surface area contributed by atoms with Crippen LogP contribution in [-0.4, -0.2) is 45.4 Å². The Balaban J connectivity index is 1.82. The summed E-state index contributed by atoms with van der Waals surface area (Å²) in [5, 5.41) is 2.74. The topological polar surface area (TPSA) is 83.1 Å². The lowest BCUT2D eigenvalue weighted by molar-refractivity contribution is -0.124. The van der Waals surface area contributed by atoms with Crippen LogP contribution in [0.2, 0.25) is 0 Å².